The van der Waals surface area contributed by atoms with Gasteiger partial charge in [0.25, 0.3) is 0 Å². The second-order valence-electron chi connectivity index (χ2n) is 10.5. The molecule has 0 aliphatic carbocycles. The number of rotatable bonds is 10. The Morgan fingerprint density at radius 3 is 2.56 bits per heavy atom. The van der Waals surface area contributed by atoms with Crippen molar-refractivity contribution < 1.29 is 24.1 Å². The van der Waals surface area contributed by atoms with Gasteiger partial charge in [0.2, 0.25) is 0 Å². The molecule has 1 N–H and O–H groups in total. The average Bonchev–Trinajstić information content (AvgIpc) is 3.28. The Hall–Kier alpha value is -3.30. The molecule has 0 radical (unpaired) electrons. The number of halogens is 2. The summed E-state index contributed by atoms with van der Waals surface area (Å²) in [4.78, 5) is 18.9. The summed E-state index contributed by atoms with van der Waals surface area (Å²) in [5.74, 6) is 1.38. The van der Waals surface area contributed by atoms with E-state index in [1.165, 1.54) is 0 Å². The van der Waals surface area contributed by atoms with Crippen LogP contribution in [0, 0.1) is 0 Å². The predicted molar refractivity (Wildman–Crippen MR) is 157 cm³/mol. The molecule has 1 aromatic heterocycles. The fraction of sp³-hybridized carbons (Fsp3) is 0.355. The first-order valence-electron chi connectivity index (χ1n) is 13.8. The first kappa shape index (κ1) is 27.8. The smallest absolute Gasteiger partial charge is 0.335 e. The number of likely N-dealkylation sites (tertiary alicyclic amines) is 1. The third-order valence-electron chi connectivity index (χ3n) is 7.70. The Kier molecular flexibility index (Phi) is 8.35. The van der Waals surface area contributed by atoms with E-state index in [1.54, 1.807) is 36.4 Å². The summed E-state index contributed by atoms with van der Waals surface area (Å²) in [6.07, 6.45) is 2.99. The van der Waals surface area contributed by atoms with Gasteiger partial charge in [0.15, 0.2) is 0 Å². The van der Waals surface area contributed by atoms with Crippen molar-refractivity contribution in [3.05, 3.63) is 87.7 Å². The molecule has 2 aliphatic heterocycles. The fourth-order valence-electron chi connectivity index (χ4n) is 5.31. The standard InChI is InChI=1S/C31H31Cl2N3O5/c32-22-6-8-29(25(33)16-22)40-19-21-3-1-2-4-28(21)41-23-9-12-35(13-10-23)18-30-34-26-7-5-20(31(37)38)15-27(26)36(30)17-24-11-14-39-24/h1-8,15-16,23-24H,9-14,17-19H2,(H,37,38)/t24-/m0/s1. The third kappa shape index (κ3) is 6.46. The maximum atomic E-state index is 11.6. The van der Waals surface area contributed by atoms with E-state index in [0.29, 0.717) is 35.5 Å². The minimum atomic E-state index is -0.940. The molecule has 0 saturated carbocycles. The van der Waals surface area contributed by atoms with E-state index in [1.807, 2.05) is 24.3 Å². The van der Waals surface area contributed by atoms with Gasteiger partial charge < -0.3 is 23.9 Å². The van der Waals surface area contributed by atoms with Crippen LogP contribution in [0.2, 0.25) is 10.0 Å². The van der Waals surface area contributed by atoms with Crippen LogP contribution in [-0.2, 0) is 24.4 Å². The van der Waals surface area contributed by atoms with Crippen LogP contribution in [-0.4, -0.2) is 57.4 Å². The van der Waals surface area contributed by atoms with Gasteiger partial charge in [-0.15, -0.1) is 0 Å². The van der Waals surface area contributed by atoms with Gasteiger partial charge in [-0.25, -0.2) is 9.78 Å². The van der Waals surface area contributed by atoms with Gasteiger partial charge in [0.1, 0.15) is 30.0 Å². The molecule has 0 amide bonds. The maximum Gasteiger partial charge on any atom is 0.335 e. The van der Waals surface area contributed by atoms with E-state index in [-0.39, 0.29) is 17.8 Å². The molecule has 2 aliphatic rings. The highest BCUT2D eigenvalue weighted by molar-refractivity contribution is 6.35. The van der Waals surface area contributed by atoms with Gasteiger partial charge in [0.05, 0.1) is 40.8 Å². The molecule has 2 fully saturated rings. The Balaban J connectivity index is 1.09. The van der Waals surface area contributed by atoms with E-state index >= 15 is 0 Å². The van der Waals surface area contributed by atoms with E-state index in [9.17, 15) is 9.90 Å². The lowest BCUT2D eigenvalue weighted by molar-refractivity contribution is -0.0592. The third-order valence-corrected chi connectivity index (χ3v) is 8.23. The molecule has 3 heterocycles. The van der Waals surface area contributed by atoms with Crippen molar-refractivity contribution in [3.8, 4) is 11.5 Å². The second kappa shape index (κ2) is 12.3. The predicted octanol–water partition coefficient (Wildman–Crippen LogP) is 6.45. The molecular formula is C31H31Cl2N3O5. The molecule has 0 unspecified atom stereocenters. The molecule has 214 valence electrons. The molecule has 10 heteroatoms. The molecule has 3 aromatic carbocycles. The van der Waals surface area contributed by atoms with Gasteiger partial charge in [-0.3, -0.25) is 4.90 Å². The van der Waals surface area contributed by atoms with Crippen LogP contribution < -0.4 is 9.47 Å². The zero-order valence-corrected chi connectivity index (χ0v) is 24.0. The van der Waals surface area contributed by atoms with Crippen LogP contribution in [0.15, 0.2) is 60.7 Å². The number of nitrogens with zero attached hydrogens (tertiary/aromatic N) is 3. The van der Waals surface area contributed by atoms with Crippen molar-refractivity contribution >= 4 is 40.2 Å². The van der Waals surface area contributed by atoms with Crippen LogP contribution in [0.4, 0.5) is 0 Å². The van der Waals surface area contributed by atoms with E-state index in [4.69, 9.17) is 42.4 Å². The normalized spacial score (nSPS) is 17.9. The monoisotopic (exact) mass is 595 g/mol. The number of hydrogen-bond acceptors (Lipinski definition) is 6. The maximum absolute atomic E-state index is 11.6. The summed E-state index contributed by atoms with van der Waals surface area (Å²) in [6.45, 7) is 4.20. The molecule has 0 spiro atoms. The first-order valence-corrected chi connectivity index (χ1v) is 14.6. The Labute approximate surface area is 248 Å². The highest BCUT2D eigenvalue weighted by Gasteiger charge is 2.26. The van der Waals surface area contributed by atoms with Gasteiger partial charge in [-0.05, 0) is 61.7 Å². The lowest BCUT2D eigenvalue weighted by Gasteiger charge is -2.33. The SMILES string of the molecule is O=C(O)c1ccc2nc(CN3CCC(Oc4ccccc4COc4ccc(Cl)cc4Cl)CC3)n(C[C@@H]3CCO3)c2c1. The van der Waals surface area contributed by atoms with E-state index < -0.39 is 5.97 Å². The number of imidazole rings is 1. The topological polar surface area (TPSA) is 86.0 Å². The number of carboxylic acid groups (broad SMARTS) is 1. The Morgan fingerprint density at radius 1 is 1.02 bits per heavy atom. The Bertz CT molecular complexity index is 1550. The average molecular weight is 597 g/mol. The number of ether oxygens (including phenoxy) is 3. The van der Waals surface area contributed by atoms with Gasteiger partial charge in [0, 0.05) is 30.3 Å². The van der Waals surface area contributed by atoms with Crippen LogP contribution in [0.1, 0.15) is 41.0 Å². The second-order valence-corrected chi connectivity index (χ2v) is 11.3. The molecule has 41 heavy (non-hydrogen) atoms. The van der Waals surface area contributed by atoms with Crippen molar-refractivity contribution in [2.45, 2.75) is 51.2 Å². The van der Waals surface area contributed by atoms with Crippen LogP contribution in [0.3, 0.4) is 0 Å². The van der Waals surface area contributed by atoms with Crippen molar-refractivity contribution in [2.24, 2.45) is 0 Å². The summed E-state index contributed by atoms with van der Waals surface area (Å²) in [5, 5.41) is 10.5. The van der Waals surface area contributed by atoms with Gasteiger partial charge in [-0.1, -0.05) is 41.4 Å². The Morgan fingerprint density at radius 2 is 1.83 bits per heavy atom. The molecule has 0 bridgehead atoms. The van der Waals surface area contributed by atoms with E-state index in [0.717, 1.165) is 67.1 Å². The molecule has 4 aromatic rings. The molecule has 8 nitrogen and oxygen atoms in total. The zero-order valence-electron chi connectivity index (χ0n) is 22.5. The summed E-state index contributed by atoms with van der Waals surface area (Å²) >= 11 is 12.3. The van der Waals surface area contributed by atoms with Crippen molar-refractivity contribution in [2.75, 3.05) is 19.7 Å². The number of hydrogen-bond donors (Lipinski definition) is 1. The number of carboxylic acids is 1. The van der Waals surface area contributed by atoms with E-state index in [2.05, 4.69) is 9.47 Å². The quantitative estimate of drug-likeness (QED) is 0.225. The molecule has 6 rings (SSSR count). The lowest BCUT2D eigenvalue weighted by Crippen LogP contribution is -2.39. The van der Waals surface area contributed by atoms with Crippen molar-refractivity contribution in [3.63, 3.8) is 0 Å². The summed E-state index contributed by atoms with van der Waals surface area (Å²) in [6, 6.07) is 18.2. The molecule has 1 atom stereocenters. The number of benzene rings is 3. The van der Waals surface area contributed by atoms with Crippen molar-refractivity contribution in [1.82, 2.24) is 14.5 Å². The van der Waals surface area contributed by atoms with Crippen LogP contribution >= 0.6 is 23.2 Å². The highest BCUT2D eigenvalue weighted by Crippen LogP contribution is 2.30. The number of piperidine rings is 1. The first-order chi connectivity index (χ1) is 19.9. The zero-order chi connectivity index (χ0) is 28.3. The minimum Gasteiger partial charge on any atom is -0.490 e. The van der Waals surface area contributed by atoms with Gasteiger partial charge >= 0.3 is 5.97 Å². The van der Waals surface area contributed by atoms with Gasteiger partial charge in [-0.2, -0.15) is 0 Å². The fourth-order valence-corrected chi connectivity index (χ4v) is 5.78. The largest absolute Gasteiger partial charge is 0.490 e. The van der Waals surface area contributed by atoms with Crippen LogP contribution in [0.5, 0.6) is 11.5 Å². The highest BCUT2D eigenvalue weighted by atomic mass is 35.5. The number of para-hydroxylation sites is 1. The molecule has 2 saturated heterocycles. The van der Waals surface area contributed by atoms with Crippen LogP contribution in [0.25, 0.3) is 11.0 Å². The lowest BCUT2D eigenvalue weighted by atomic mass is 10.1. The number of aromatic nitrogens is 2. The summed E-state index contributed by atoms with van der Waals surface area (Å²) < 4.78 is 20.2. The minimum absolute atomic E-state index is 0.0897. The summed E-state index contributed by atoms with van der Waals surface area (Å²) in [5.41, 5.74) is 2.86. The number of aromatic carboxylic acids is 1. The van der Waals surface area contributed by atoms with Crippen molar-refractivity contribution in [1.29, 1.82) is 0 Å². The molecular weight excluding hydrogens is 565 g/mol. The number of fused-ring (bicyclic) bond motifs is 1. The summed E-state index contributed by atoms with van der Waals surface area (Å²) in [7, 11) is 0. The number of carbonyl (C=O) groups is 1.